The van der Waals surface area contributed by atoms with Crippen molar-refractivity contribution in [3.8, 4) is 0 Å². The minimum Gasteiger partial charge on any atom is -0.295 e. The molecular weight excluding hydrogens is 270 g/mol. The Morgan fingerprint density at radius 1 is 1.44 bits per heavy atom. The van der Waals surface area contributed by atoms with Crippen molar-refractivity contribution in [2.45, 2.75) is 24.3 Å². The number of hydrogen-bond acceptors (Lipinski definition) is 4. The summed E-state index contributed by atoms with van der Waals surface area (Å²) in [5, 5.41) is 0. The van der Waals surface area contributed by atoms with E-state index in [2.05, 4.69) is 4.72 Å². The molecule has 1 aliphatic heterocycles. The summed E-state index contributed by atoms with van der Waals surface area (Å²) in [4.78, 5) is 11.4. The summed E-state index contributed by atoms with van der Waals surface area (Å²) < 4.78 is 26.9. The van der Waals surface area contributed by atoms with Crippen LogP contribution in [-0.4, -0.2) is 31.7 Å². The van der Waals surface area contributed by atoms with Gasteiger partial charge in [0.2, 0.25) is 10.0 Å². The Kier molecular flexibility index (Phi) is 4.09. The van der Waals surface area contributed by atoms with Crippen molar-refractivity contribution >= 4 is 27.6 Å². The summed E-state index contributed by atoms with van der Waals surface area (Å²) in [5.74, 6) is 1.66. The van der Waals surface area contributed by atoms with Gasteiger partial charge in [-0.15, -0.1) is 0 Å². The van der Waals surface area contributed by atoms with Crippen LogP contribution >= 0.6 is 11.8 Å². The van der Waals surface area contributed by atoms with Crippen molar-refractivity contribution in [2.75, 3.05) is 11.5 Å². The predicted octanol–water partition coefficient (Wildman–Crippen LogP) is 1.67. The molecule has 1 N–H and O–H groups in total. The molecule has 1 unspecified atom stereocenters. The topological polar surface area (TPSA) is 63.2 Å². The molecule has 98 valence electrons. The maximum Gasteiger partial charge on any atom is 0.240 e. The lowest BCUT2D eigenvalue weighted by Gasteiger charge is -2.12. The Morgan fingerprint density at radius 3 is 2.83 bits per heavy atom. The van der Waals surface area contributed by atoms with Crippen LogP contribution in [0.25, 0.3) is 0 Å². The fraction of sp³-hybridized carbons (Fsp3) is 0.417. The van der Waals surface area contributed by atoms with Gasteiger partial charge in [0.25, 0.3) is 0 Å². The van der Waals surface area contributed by atoms with Crippen LogP contribution in [0.2, 0.25) is 0 Å². The van der Waals surface area contributed by atoms with E-state index in [9.17, 15) is 13.2 Å². The lowest BCUT2D eigenvalue weighted by molar-refractivity contribution is 0.101. The molecule has 1 atom stereocenters. The molecule has 0 bridgehead atoms. The maximum atomic E-state index is 12.1. The number of carbonyl (C=O) groups is 1. The van der Waals surface area contributed by atoms with Gasteiger partial charge in [0, 0.05) is 17.4 Å². The Balaban J connectivity index is 2.23. The molecule has 0 aromatic heterocycles. The molecule has 1 heterocycles. The van der Waals surface area contributed by atoms with E-state index in [1.54, 1.807) is 23.9 Å². The van der Waals surface area contributed by atoms with Crippen molar-refractivity contribution in [1.82, 2.24) is 4.72 Å². The largest absolute Gasteiger partial charge is 0.295 e. The fourth-order valence-electron chi connectivity index (χ4n) is 1.80. The highest BCUT2D eigenvalue weighted by molar-refractivity contribution is 7.99. The van der Waals surface area contributed by atoms with Crippen LogP contribution in [-0.2, 0) is 10.0 Å². The van der Waals surface area contributed by atoms with E-state index in [0.717, 1.165) is 17.9 Å². The normalized spacial score (nSPS) is 19.9. The Labute approximate surface area is 111 Å². The standard InChI is InChI=1S/C12H15NO3S2/c1-9(14)10-3-2-4-12(7-10)18(15,16)13-11-5-6-17-8-11/h2-4,7,11,13H,5-6,8H2,1H3. The van der Waals surface area contributed by atoms with Gasteiger partial charge in [-0.3, -0.25) is 4.79 Å². The first-order valence-electron chi connectivity index (χ1n) is 5.70. The molecule has 4 nitrogen and oxygen atoms in total. The Hall–Kier alpha value is -0.850. The zero-order valence-corrected chi connectivity index (χ0v) is 11.7. The highest BCUT2D eigenvalue weighted by atomic mass is 32.2. The summed E-state index contributed by atoms with van der Waals surface area (Å²) >= 11 is 1.75. The number of Topliss-reactive ketones (excluding diaryl/α,β-unsaturated/α-hetero) is 1. The van der Waals surface area contributed by atoms with E-state index in [-0.39, 0.29) is 16.7 Å². The van der Waals surface area contributed by atoms with Gasteiger partial charge in [0.05, 0.1) is 4.90 Å². The summed E-state index contributed by atoms with van der Waals surface area (Å²) in [5.41, 5.74) is 0.415. The SMILES string of the molecule is CC(=O)c1cccc(S(=O)(=O)NC2CCSC2)c1. The molecule has 0 radical (unpaired) electrons. The minimum absolute atomic E-state index is 0.000911. The number of nitrogens with one attached hydrogen (secondary N) is 1. The first-order chi connectivity index (χ1) is 8.49. The minimum atomic E-state index is -3.52. The first-order valence-corrected chi connectivity index (χ1v) is 8.34. The molecule has 1 aromatic carbocycles. The van der Waals surface area contributed by atoms with Gasteiger partial charge in [-0.05, 0) is 31.2 Å². The molecular formula is C12H15NO3S2. The second-order valence-electron chi connectivity index (χ2n) is 4.27. The first kappa shape index (κ1) is 13.6. The number of ketones is 1. The zero-order chi connectivity index (χ0) is 13.2. The van der Waals surface area contributed by atoms with E-state index in [1.807, 2.05) is 0 Å². The smallest absolute Gasteiger partial charge is 0.240 e. The van der Waals surface area contributed by atoms with E-state index in [4.69, 9.17) is 0 Å². The van der Waals surface area contributed by atoms with Crippen molar-refractivity contribution < 1.29 is 13.2 Å². The van der Waals surface area contributed by atoms with Gasteiger partial charge in [0.1, 0.15) is 0 Å². The highest BCUT2D eigenvalue weighted by Crippen LogP contribution is 2.20. The Bertz CT molecular complexity index is 548. The quantitative estimate of drug-likeness (QED) is 0.855. The summed E-state index contributed by atoms with van der Waals surface area (Å²) in [6.45, 7) is 1.42. The highest BCUT2D eigenvalue weighted by Gasteiger charge is 2.23. The third-order valence-corrected chi connectivity index (χ3v) is 5.48. The molecule has 0 amide bonds. The number of carbonyl (C=O) groups excluding carboxylic acids is 1. The molecule has 1 aliphatic rings. The number of sulfonamides is 1. The number of benzene rings is 1. The average Bonchev–Trinajstić information content (AvgIpc) is 2.81. The maximum absolute atomic E-state index is 12.1. The molecule has 18 heavy (non-hydrogen) atoms. The molecule has 1 fully saturated rings. The molecule has 0 aliphatic carbocycles. The second kappa shape index (κ2) is 5.42. The molecule has 0 saturated carbocycles. The zero-order valence-electron chi connectivity index (χ0n) is 10.0. The number of rotatable bonds is 4. The predicted molar refractivity (Wildman–Crippen MR) is 72.5 cm³/mol. The van der Waals surface area contributed by atoms with Crippen molar-refractivity contribution in [2.24, 2.45) is 0 Å². The van der Waals surface area contributed by atoms with Gasteiger partial charge in [-0.25, -0.2) is 13.1 Å². The van der Waals surface area contributed by atoms with E-state index >= 15 is 0 Å². The van der Waals surface area contributed by atoms with Gasteiger partial charge in [-0.2, -0.15) is 11.8 Å². The number of thioether (sulfide) groups is 1. The molecule has 6 heteroatoms. The summed E-state index contributed by atoms with van der Waals surface area (Å²) in [6, 6.07) is 6.14. The third-order valence-electron chi connectivity index (χ3n) is 2.80. The van der Waals surface area contributed by atoms with Crippen LogP contribution < -0.4 is 4.72 Å². The van der Waals surface area contributed by atoms with Crippen LogP contribution in [0.4, 0.5) is 0 Å². The van der Waals surface area contributed by atoms with E-state index in [0.29, 0.717) is 5.56 Å². The van der Waals surface area contributed by atoms with Crippen LogP contribution in [0.3, 0.4) is 0 Å². The van der Waals surface area contributed by atoms with Crippen molar-refractivity contribution in [1.29, 1.82) is 0 Å². The van der Waals surface area contributed by atoms with Crippen molar-refractivity contribution in [3.05, 3.63) is 29.8 Å². The van der Waals surface area contributed by atoms with Crippen LogP contribution in [0, 0.1) is 0 Å². The van der Waals surface area contributed by atoms with Gasteiger partial charge in [-0.1, -0.05) is 12.1 Å². The summed E-state index contributed by atoms with van der Waals surface area (Å²) in [7, 11) is -3.52. The van der Waals surface area contributed by atoms with E-state index in [1.165, 1.54) is 19.1 Å². The molecule has 1 saturated heterocycles. The van der Waals surface area contributed by atoms with Crippen LogP contribution in [0.1, 0.15) is 23.7 Å². The number of hydrogen-bond donors (Lipinski definition) is 1. The van der Waals surface area contributed by atoms with Crippen LogP contribution in [0.5, 0.6) is 0 Å². The second-order valence-corrected chi connectivity index (χ2v) is 7.13. The van der Waals surface area contributed by atoms with E-state index < -0.39 is 10.0 Å². The fourth-order valence-corrected chi connectivity index (χ4v) is 4.37. The molecule has 2 rings (SSSR count). The lowest BCUT2D eigenvalue weighted by atomic mass is 10.2. The van der Waals surface area contributed by atoms with Gasteiger partial charge >= 0.3 is 0 Å². The lowest BCUT2D eigenvalue weighted by Crippen LogP contribution is -2.34. The van der Waals surface area contributed by atoms with Crippen molar-refractivity contribution in [3.63, 3.8) is 0 Å². The monoisotopic (exact) mass is 285 g/mol. The molecule has 0 spiro atoms. The summed E-state index contributed by atoms with van der Waals surface area (Å²) in [6.07, 6.45) is 0.857. The van der Waals surface area contributed by atoms with Gasteiger partial charge in [0.15, 0.2) is 5.78 Å². The average molecular weight is 285 g/mol. The molecule has 1 aromatic rings. The van der Waals surface area contributed by atoms with Gasteiger partial charge < -0.3 is 0 Å². The van der Waals surface area contributed by atoms with Crippen LogP contribution in [0.15, 0.2) is 29.2 Å². The Morgan fingerprint density at radius 2 is 2.22 bits per heavy atom. The third kappa shape index (κ3) is 3.13.